The zero-order valence-corrected chi connectivity index (χ0v) is 21.6. The summed E-state index contributed by atoms with van der Waals surface area (Å²) in [4.78, 5) is 26.4. The maximum absolute atomic E-state index is 12.8. The van der Waals surface area contributed by atoms with Crippen molar-refractivity contribution in [2.24, 2.45) is 0 Å². The predicted octanol–water partition coefficient (Wildman–Crippen LogP) is 4.58. The number of rotatable bonds is 6. The fourth-order valence-corrected chi connectivity index (χ4v) is 3.34. The lowest BCUT2D eigenvalue weighted by molar-refractivity contribution is -0.104. The number of aryl methyl sites for hydroxylation is 2. The lowest BCUT2D eigenvalue weighted by Gasteiger charge is -1.98. The third kappa shape index (κ3) is 8.91. The largest absolute Gasteiger partial charge is 0.366 e. The molecule has 5 aromatic rings. The van der Waals surface area contributed by atoms with Gasteiger partial charge in [-0.2, -0.15) is 10.1 Å². The molecule has 1 aliphatic carbocycles. The van der Waals surface area contributed by atoms with Crippen LogP contribution in [0.1, 0.15) is 11.4 Å². The number of aromatic amines is 2. The molecule has 4 N–H and O–H groups in total. The van der Waals surface area contributed by atoms with Gasteiger partial charge >= 0.3 is 0 Å². The summed E-state index contributed by atoms with van der Waals surface area (Å²) in [6.45, 7) is 0. The Bertz CT molecular complexity index is 1630. The number of carbonyl (C=O) groups is 1. The molecule has 0 saturated carbocycles. The first-order valence-corrected chi connectivity index (χ1v) is 12.3. The van der Waals surface area contributed by atoms with E-state index in [2.05, 4.69) is 46.4 Å². The number of aromatic nitrogens is 8. The molecule has 1 aliphatic rings. The minimum Gasteiger partial charge on any atom is -0.366 e. The van der Waals surface area contributed by atoms with Gasteiger partial charge in [-0.25, -0.2) is 14.2 Å². The molecular weight excluding hydrogens is 528 g/mol. The van der Waals surface area contributed by atoms with Crippen LogP contribution in [0.25, 0.3) is 22.9 Å². The van der Waals surface area contributed by atoms with Gasteiger partial charge in [0.15, 0.2) is 17.2 Å². The number of benzene rings is 1. The van der Waals surface area contributed by atoms with E-state index in [4.69, 9.17) is 5.73 Å². The molecule has 0 spiro atoms. The van der Waals surface area contributed by atoms with E-state index in [-0.39, 0.29) is 17.6 Å². The van der Waals surface area contributed by atoms with Crippen molar-refractivity contribution in [2.75, 3.05) is 5.73 Å². The number of hydrogen-bond donors (Lipinski definition) is 3. The van der Waals surface area contributed by atoms with Crippen molar-refractivity contribution in [3.63, 3.8) is 0 Å². The quantitative estimate of drug-likeness (QED) is 0.205. The molecule has 0 fully saturated rings. The number of hydrogen-bond acceptors (Lipinski definition) is 8. The Balaban J connectivity index is 0.000000156. The number of carbonyl (C=O) groups excluding carboxylic acids is 1. The van der Waals surface area contributed by atoms with Crippen LogP contribution in [0.15, 0.2) is 103 Å². The molecule has 0 saturated heterocycles. The highest BCUT2D eigenvalue weighted by Gasteiger charge is 2.07. The SMILES string of the molecule is Fc1ccc(CCc2nc(-c3ccccn3)n[nH]2)cc1.Nc1n[nH]c(-c2ccncc2)n1.O=CC1=[C+]C=C(F)C=C1. The molecule has 204 valence electrons. The molecule has 0 atom stereocenters. The minimum absolute atomic E-state index is 0.217. The number of nitrogens with one attached hydrogen (secondary N) is 2. The van der Waals surface area contributed by atoms with E-state index in [0.717, 1.165) is 41.6 Å². The standard InChI is InChI=1S/C15H13FN4.C7H4FO.C7H7N5/c16-12-7-4-11(5-8-12)6-9-14-18-15(20-19-14)13-3-1-2-10-17-13;8-7-3-1-6(5-9)2-4-7;8-7-10-6(11-12-7)5-1-3-9-4-2-5/h1-5,7-8,10H,6,9H2,(H,18,19,20);1,3-5H;1-4H,(H3,8,10,11,12)/q;+1;. The van der Waals surface area contributed by atoms with Gasteiger partial charge in [0.2, 0.25) is 18.1 Å². The molecule has 0 radical (unpaired) electrons. The number of halogens is 2. The zero-order chi connectivity index (χ0) is 28.9. The molecule has 41 heavy (non-hydrogen) atoms. The summed E-state index contributed by atoms with van der Waals surface area (Å²) >= 11 is 0. The number of nitrogen functional groups attached to an aromatic ring is 1. The average molecular weight is 553 g/mol. The second-order valence-corrected chi connectivity index (χ2v) is 8.31. The maximum atomic E-state index is 12.8. The molecule has 0 amide bonds. The van der Waals surface area contributed by atoms with Crippen LogP contribution in [0, 0.1) is 11.9 Å². The summed E-state index contributed by atoms with van der Waals surface area (Å²) in [6.07, 6.45) is 13.4. The van der Waals surface area contributed by atoms with E-state index in [1.807, 2.05) is 30.3 Å². The number of pyridine rings is 2. The fourth-order valence-electron chi connectivity index (χ4n) is 3.34. The predicted molar refractivity (Wildman–Crippen MR) is 149 cm³/mol. The Labute approximate surface area is 233 Å². The zero-order valence-electron chi connectivity index (χ0n) is 21.6. The lowest BCUT2D eigenvalue weighted by Crippen LogP contribution is -1.94. The van der Waals surface area contributed by atoms with Crippen molar-refractivity contribution in [3.8, 4) is 22.9 Å². The lowest BCUT2D eigenvalue weighted by atomic mass is 10.1. The highest BCUT2D eigenvalue weighted by Crippen LogP contribution is 2.13. The molecule has 0 aliphatic heterocycles. The van der Waals surface area contributed by atoms with Gasteiger partial charge < -0.3 is 5.73 Å². The summed E-state index contributed by atoms with van der Waals surface area (Å²) in [7, 11) is 0. The monoisotopic (exact) mass is 552 g/mol. The summed E-state index contributed by atoms with van der Waals surface area (Å²) in [5.41, 5.74) is 8.46. The average Bonchev–Trinajstić information content (AvgIpc) is 3.68. The van der Waals surface area contributed by atoms with Gasteiger partial charge in [-0.3, -0.25) is 20.2 Å². The van der Waals surface area contributed by atoms with Crippen molar-refractivity contribution in [1.82, 2.24) is 40.3 Å². The van der Waals surface area contributed by atoms with Crippen LogP contribution in [-0.4, -0.2) is 46.6 Å². The number of nitrogens with zero attached hydrogens (tertiary/aromatic N) is 6. The normalized spacial score (nSPS) is 11.6. The highest BCUT2D eigenvalue weighted by atomic mass is 19.1. The second kappa shape index (κ2) is 14.4. The van der Waals surface area contributed by atoms with Crippen LogP contribution in [0.2, 0.25) is 0 Å². The molecular formula is C29H24F2N9O+. The summed E-state index contributed by atoms with van der Waals surface area (Å²) in [6, 6.07) is 15.8. The van der Waals surface area contributed by atoms with Crippen molar-refractivity contribution >= 4 is 12.2 Å². The molecule has 0 unspecified atom stereocenters. The summed E-state index contributed by atoms with van der Waals surface area (Å²) in [5, 5.41) is 13.5. The number of allylic oxidation sites excluding steroid dienone is 6. The minimum atomic E-state index is -0.374. The summed E-state index contributed by atoms with van der Waals surface area (Å²) < 4.78 is 24.9. The highest BCUT2D eigenvalue weighted by molar-refractivity contribution is 5.77. The van der Waals surface area contributed by atoms with Crippen LogP contribution < -0.4 is 5.73 Å². The van der Waals surface area contributed by atoms with E-state index >= 15 is 0 Å². The molecule has 1 aromatic carbocycles. The summed E-state index contributed by atoms with van der Waals surface area (Å²) in [5.74, 6) is 1.72. The van der Waals surface area contributed by atoms with E-state index in [1.54, 1.807) is 30.7 Å². The fraction of sp³-hybridized carbons (Fsp3) is 0.0690. The third-order valence-corrected chi connectivity index (χ3v) is 5.37. The second-order valence-electron chi connectivity index (χ2n) is 8.31. The van der Waals surface area contributed by atoms with E-state index in [9.17, 15) is 13.6 Å². The van der Waals surface area contributed by atoms with Crippen LogP contribution in [0.4, 0.5) is 14.7 Å². The maximum Gasteiger partial charge on any atom is 0.239 e. The van der Waals surface area contributed by atoms with E-state index in [0.29, 0.717) is 23.5 Å². The van der Waals surface area contributed by atoms with Crippen molar-refractivity contribution in [1.29, 1.82) is 0 Å². The van der Waals surface area contributed by atoms with Gasteiger partial charge in [-0.15, -0.1) is 9.49 Å². The smallest absolute Gasteiger partial charge is 0.239 e. The van der Waals surface area contributed by atoms with Gasteiger partial charge in [-0.1, -0.05) is 18.2 Å². The number of H-pyrrole nitrogens is 2. The first kappa shape index (κ1) is 28.3. The molecule has 6 rings (SSSR count). The van der Waals surface area contributed by atoms with Crippen molar-refractivity contribution < 1.29 is 13.6 Å². The molecule has 12 heteroatoms. The molecule has 0 bridgehead atoms. The van der Waals surface area contributed by atoms with Gasteiger partial charge in [0.25, 0.3) is 0 Å². The van der Waals surface area contributed by atoms with E-state index in [1.165, 1.54) is 24.3 Å². The number of anilines is 1. The van der Waals surface area contributed by atoms with Gasteiger partial charge in [0, 0.05) is 42.7 Å². The molecule has 10 nitrogen and oxygen atoms in total. The van der Waals surface area contributed by atoms with Crippen LogP contribution in [-0.2, 0) is 17.6 Å². The Hall–Kier alpha value is -5.74. The van der Waals surface area contributed by atoms with Gasteiger partial charge in [0.05, 0.1) is 6.08 Å². The van der Waals surface area contributed by atoms with E-state index < -0.39 is 0 Å². The molecule has 4 aromatic heterocycles. The Morgan fingerprint density at radius 3 is 2.32 bits per heavy atom. The number of aldehydes is 1. The Morgan fingerprint density at radius 2 is 1.68 bits per heavy atom. The van der Waals surface area contributed by atoms with Crippen molar-refractivity contribution in [3.05, 3.63) is 126 Å². The third-order valence-electron chi connectivity index (χ3n) is 5.37. The first-order valence-electron chi connectivity index (χ1n) is 12.3. The van der Waals surface area contributed by atoms with Crippen LogP contribution in [0.3, 0.4) is 0 Å². The first-order chi connectivity index (χ1) is 20.0. The topological polar surface area (TPSA) is 152 Å². The van der Waals surface area contributed by atoms with Gasteiger partial charge in [0.1, 0.15) is 23.4 Å². The Kier molecular flexibility index (Phi) is 9.95. The number of nitrogens with two attached hydrogens (primary N) is 1. The van der Waals surface area contributed by atoms with Gasteiger partial charge in [-0.05, 0) is 48.4 Å². The Morgan fingerprint density at radius 1 is 0.878 bits per heavy atom. The van der Waals surface area contributed by atoms with Crippen LogP contribution in [0.5, 0.6) is 0 Å². The van der Waals surface area contributed by atoms with Crippen molar-refractivity contribution in [2.45, 2.75) is 12.8 Å². The molecule has 4 heterocycles. The van der Waals surface area contributed by atoms with Crippen LogP contribution >= 0.6 is 0 Å².